The second kappa shape index (κ2) is 5.95. The van der Waals surface area contributed by atoms with Crippen molar-refractivity contribution in [1.29, 1.82) is 0 Å². The van der Waals surface area contributed by atoms with E-state index < -0.39 is 4.92 Å². The van der Waals surface area contributed by atoms with Crippen molar-refractivity contribution in [1.82, 2.24) is 5.32 Å². The summed E-state index contributed by atoms with van der Waals surface area (Å²) in [5, 5.41) is 16.2. The van der Waals surface area contributed by atoms with Gasteiger partial charge in [-0.2, -0.15) is 0 Å². The molecule has 17 heavy (non-hydrogen) atoms. The molecule has 92 valence electrons. The molecular weight excluding hydrogens is 222 g/mol. The second-order valence-electron chi connectivity index (χ2n) is 3.72. The number of anilines is 1. The van der Waals surface area contributed by atoms with Crippen LogP contribution in [-0.4, -0.2) is 24.4 Å². The van der Waals surface area contributed by atoms with E-state index in [0.717, 1.165) is 0 Å². The summed E-state index contributed by atoms with van der Waals surface area (Å²) in [4.78, 5) is 21.9. The van der Waals surface area contributed by atoms with Crippen LogP contribution in [0.15, 0.2) is 24.3 Å². The molecule has 2 N–H and O–H groups in total. The molecule has 0 saturated heterocycles. The molecule has 0 saturated carbocycles. The van der Waals surface area contributed by atoms with Crippen LogP contribution < -0.4 is 10.6 Å². The highest BCUT2D eigenvalue weighted by Gasteiger charge is 2.17. The lowest BCUT2D eigenvalue weighted by atomic mass is 10.1. The van der Waals surface area contributed by atoms with Crippen molar-refractivity contribution in [3.63, 3.8) is 0 Å². The van der Waals surface area contributed by atoms with Crippen molar-refractivity contribution in [2.45, 2.75) is 6.92 Å². The molecule has 1 aromatic rings. The molecule has 0 spiro atoms. The first-order valence-corrected chi connectivity index (χ1v) is 5.25. The zero-order valence-corrected chi connectivity index (χ0v) is 9.77. The molecule has 0 aliphatic carbocycles. The number of para-hydroxylation sites is 2. The molecule has 0 bridgehead atoms. The quantitative estimate of drug-likeness (QED) is 0.598. The second-order valence-corrected chi connectivity index (χ2v) is 3.72. The third-order valence-electron chi connectivity index (χ3n) is 2.32. The van der Waals surface area contributed by atoms with Gasteiger partial charge in [-0.05, 0) is 13.1 Å². The Morgan fingerprint density at radius 2 is 2.12 bits per heavy atom. The van der Waals surface area contributed by atoms with E-state index in [1.165, 1.54) is 12.1 Å². The number of rotatable bonds is 5. The van der Waals surface area contributed by atoms with E-state index in [4.69, 9.17) is 0 Å². The van der Waals surface area contributed by atoms with Crippen molar-refractivity contribution in [3.8, 4) is 0 Å². The van der Waals surface area contributed by atoms with E-state index in [1.807, 2.05) is 0 Å². The van der Waals surface area contributed by atoms with Crippen molar-refractivity contribution in [2.24, 2.45) is 5.92 Å². The molecule has 0 fully saturated rings. The predicted molar refractivity (Wildman–Crippen MR) is 64.8 cm³/mol. The fourth-order valence-corrected chi connectivity index (χ4v) is 1.39. The Morgan fingerprint density at radius 3 is 2.71 bits per heavy atom. The zero-order chi connectivity index (χ0) is 12.8. The molecule has 0 radical (unpaired) electrons. The first-order valence-electron chi connectivity index (χ1n) is 5.25. The molecule has 6 heteroatoms. The number of benzene rings is 1. The van der Waals surface area contributed by atoms with Gasteiger partial charge >= 0.3 is 0 Å². The Morgan fingerprint density at radius 1 is 1.47 bits per heavy atom. The normalized spacial score (nSPS) is 11.9. The Hall–Kier alpha value is -1.95. The highest BCUT2D eigenvalue weighted by atomic mass is 16.6. The van der Waals surface area contributed by atoms with Crippen LogP contribution in [0.5, 0.6) is 0 Å². The van der Waals surface area contributed by atoms with Crippen molar-refractivity contribution < 1.29 is 9.72 Å². The summed E-state index contributed by atoms with van der Waals surface area (Å²) in [7, 11) is 1.74. The van der Waals surface area contributed by atoms with Gasteiger partial charge in [0.25, 0.3) is 5.69 Å². The van der Waals surface area contributed by atoms with Gasteiger partial charge in [-0.1, -0.05) is 19.1 Å². The first-order chi connectivity index (χ1) is 8.06. The Balaban J connectivity index is 2.81. The van der Waals surface area contributed by atoms with E-state index in [-0.39, 0.29) is 23.2 Å². The number of amides is 1. The smallest absolute Gasteiger partial charge is 0.292 e. The summed E-state index contributed by atoms with van der Waals surface area (Å²) in [5.74, 6) is -0.492. The highest BCUT2D eigenvalue weighted by molar-refractivity contribution is 5.94. The van der Waals surface area contributed by atoms with E-state index >= 15 is 0 Å². The topological polar surface area (TPSA) is 84.3 Å². The van der Waals surface area contributed by atoms with Gasteiger partial charge in [0.2, 0.25) is 5.91 Å². The van der Waals surface area contributed by atoms with Crippen molar-refractivity contribution >= 4 is 17.3 Å². The summed E-state index contributed by atoms with van der Waals surface area (Å²) in [6, 6.07) is 6.08. The average molecular weight is 237 g/mol. The van der Waals surface area contributed by atoms with E-state index in [0.29, 0.717) is 6.54 Å². The number of hydrogen-bond donors (Lipinski definition) is 2. The van der Waals surface area contributed by atoms with E-state index in [9.17, 15) is 14.9 Å². The van der Waals surface area contributed by atoms with Gasteiger partial charge in [-0.25, -0.2) is 0 Å². The van der Waals surface area contributed by atoms with Crippen molar-refractivity contribution in [2.75, 3.05) is 18.9 Å². The van der Waals surface area contributed by atoms with Gasteiger partial charge in [0.05, 0.1) is 4.92 Å². The lowest BCUT2D eigenvalue weighted by molar-refractivity contribution is -0.383. The number of carbonyl (C=O) groups is 1. The standard InChI is InChI=1S/C11H15N3O3/c1-8(7-12-2)11(15)13-9-5-3-4-6-10(9)14(16)17/h3-6,8,12H,7H2,1-2H3,(H,13,15). The van der Waals surface area contributed by atoms with Gasteiger partial charge in [0.15, 0.2) is 0 Å². The molecule has 0 aliphatic heterocycles. The van der Waals surface area contributed by atoms with Gasteiger partial charge in [0, 0.05) is 18.5 Å². The van der Waals surface area contributed by atoms with Crippen LogP contribution in [-0.2, 0) is 4.79 Å². The average Bonchev–Trinajstić information content (AvgIpc) is 2.29. The van der Waals surface area contributed by atoms with Gasteiger partial charge in [-0.15, -0.1) is 0 Å². The largest absolute Gasteiger partial charge is 0.320 e. The summed E-state index contributed by atoms with van der Waals surface area (Å²) >= 11 is 0. The van der Waals surface area contributed by atoms with Crippen LogP contribution in [0.4, 0.5) is 11.4 Å². The molecule has 1 amide bonds. The molecule has 6 nitrogen and oxygen atoms in total. The lowest BCUT2D eigenvalue weighted by Gasteiger charge is -2.11. The van der Waals surface area contributed by atoms with Crippen molar-refractivity contribution in [3.05, 3.63) is 34.4 Å². The summed E-state index contributed by atoms with van der Waals surface area (Å²) in [5.41, 5.74) is 0.128. The SMILES string of the molecule is CNCC(C)C(=O)Nc1ccccc1[N+](=O)[O-]. The summed E-state index contributed by atoms with van der Waals surface area (Å²) in [6.07, 6.45) is 0. The third-order valence-corrected chi connectivity index (χ3v) is 2.32. The maximum atomic E-state index is 11.7. The summed E-state index contributed by atoms with van der Waals surface area (Å²) < 4.78 is 0. The molecule has 1 aromatic carbocycles. The fourth-order valence-electron chi connectivity index (χ4n) is 1.39. The van der Waals surface area contributed by atoms with E-state index in [2.05, 4.69) is 10.6 Å². The minimum absolute atomic E-state index is 0.0995. The maximum Gasteiger partial charge on any atom is 0.292 e. The molecule has 1 unspecified atom stereocenters. The first kappa shape index (κ1) is 13.1. The molecule has 0 aliphatic rings. The van der Waals surface area contributed by atoms with Crippen LogP contribution in [0, 0.1) is 16.0 Å². The van der Waals surface area contributed by atoms with Crippen LogP contribution in [0.2, 0.25) is 0 Å². The van der Waals surface area contributed by atoms with Gasteiger partial charge < -0.3 is 10.6 Å². The van der Waals surface area contributed by atoms with Crippen LogP contribution >= 0.6 is 0 Å². The Labute approximate surface area is 99.2 Å². The maximum absolute atomic E-state index is 11.7. The van der Waals surface area contributed by atoms with E-state index in [1.54, 1.807) is 26.1 Å². The highest BCUT2D eigenvalue weighted by Crippen LogP contribution is 2.23. The van der Waals surface area contributed by atoms with Gasteiger partial charge in [-0.3, -0.25) is 14.9 Å². The minimum atomic E-state index is -0.516. The van der Waals surface area contributed by atoms with Crippen LogP contribution in [0.3, 0.4) is 0 Å². The van der Waals surface area contributed by atoms with Crippen LogP contribution in [0.1, 0.15) is 6.92 Å². The number of nitro groups is 1. The molecule has 1 atom stereocenters. The molecular formula is C11H15N3O3. The zero-order valence-electron chi connectivity index (χ0n) is 9.77. The van der Waals surface area contributed by atoms with Crippen LogP contribution in [0.25, 0.3) is 0 Å². The summed E-state index contributed by atoms with van der Waals surface area (Å²) in [6.45, 7) is 2.27. The third kappa shape index (κ3) is 3.53. The lowest BCUT2D eigenvalue weighted by Crippen LogP contribution is -2.28. The Kier molecular flexibility index (Phi) is 4.59. The monoisotopic (exact) mass is 237 g/mol. The Bertz CT molecular complexity index is 420. The number of carbonyl (C=O) groups excluding carboxylic acids is 1. The number of nitrogens with one attached hydrogen (secondary N) is 2. The number of nitrogens with zero attached hydrogens (tertiary/aromatic N) is 1. The number of hydrogen-bond acceptors (Lipinski definition) is 4. The number of nitro benzene ring substituents is 1. The molecule has 1 rings (SSSR count). The molecule has 0 heterocycles. The minimum Gasteiger partial charge on any atom is -0.320 e. The predicted octanol–water partition coefficient (Wildman–Crippen LogP) is 1.39. The van der Waals surface area contributed by atoms with Gasteiger partial charge in [0.1, 0.15) is 5.69 Å². The molecule has 0 aromatic heterocycles. The fraction of sp³-hybridized carbons (Fsp3) is 0.364.